The van der Waals surface area contributed by atoms with Crippen LogP contribution in [0.3, 0.4) is 0 Å². The van der Waals surface area contributed by atoms with Crippen LogP contribution in [0.5, 0.6) is 0 Å². The van der Waals surface area contributed by atoms with Crippen LogP contribution in [0.2, 0.25) is 0 Å². The van der Waals surface area contributed by atoms with Gasteiger partial charge in [0.1, 0.15) is 0 Å². The molecule has 2 fully saturated rings. The predicted molar refractivity (Wildman–Crippen MR) is 92.5 cm³/mol. The third-order valence-corrected chi connectivity index (χ3v) is 4.80. The van der Waals surface area contributed by atoms with Crippen LogP contribution in [0.1, 0.15) is 32.1 Å². The second kappa shape index (κ2) is 8.73. The second-order valence-electron chi connectivity index (χ2n) is 6.73. The normalized spacial score (nSPS) is 23.9. The molecule has 144 valence electrons. The number of hydrogen-bond donors (Lipinski definition) is 3. The molecular formula is C17H21ClF3N3O2. The molecule has 26 heavy (non-hydrogen) atoms. The number of hydrogen-bond acceptors (Lipinski definition) is 3. The van der Waals surface area contributed by atoms with E-state index in [1.165, 1.54) is 0 Å². The van der Waals surface area contributed by atoms with Crippen molar-refractivity contribution in [2.24, 2.45) is 5.92 Å². The molecule has 5 nitrogen and oxygen atoms in total. The summed E-state index contributed by atoms with van der Waals surface area (Å²) < 4.78 is 39.4. The number of piperidine rings is 1. The Bertz CT molecular complexity index is 677. The molecule has 2 atom stereocenters. The fourth-order valence-electron chi connectivity index (χ4n) is 3.67. The monoisotopic (exact) mass is 391 g/mol. The number of rotatable bonds is 5. The fourth-order valence-corrected chi connectivity index (χ4v) is 3.67. The fraction of sp³-hybridized carbons (Fsp3) is 0.529. The third-order valence-electron chi connectivity index (χ3n) is 4.80. The third kappa shape index (κ3) is 4.88. The van der Waals surface area contributed by atoms with E-state index in [1.54, 1.807) is 0 Å². The smallest absolute Gasteiger partial charge is 0.243 e. The molecule has 1 aromatic carbocycles. The van der Waals surface area contributed by atoms with Gasteiger partial charge in [-0.3, -0.25) is 9.59 Å². The van der Waals surface area contributed by atoms with Gasteiger partial charge in [0, 0.05) is 18.5 Å². The summed E-state index contributed by atoms with van der Waals surface area (Å²) in [7, 11) is 0. The summed E-state index contributed by atoms with van der Waals surface area (Å²) >= 11 is 0. The number of benzene rings is 1. The number of carbonyl (C=O) groups is 2. The molecule has 3 N–H and O–H groups in total. The van der Waals surface area contributed by atoms with Gasteiger partial charge in [-0.1, -0.05) is 0 Å². The Labute approximate surface area is 155 Å². The van der Waals surface area contributed by atoms with Crippen LogP contribution in [0.25, 0.3) is 0 Å². The Morgan fingerprint density at radius 1 is 1.04 bits per heavy atom. The van der Waals surface area contributed by atoms with E-state index in [0.717, 1.165) is 37.8 Å². The summed E-state index contributed by atoms with van der Waals surface area (Å²) in [5.41, 5.74) is -0.465. The topological polar surface area (TPSA) is 70.2 Å². The molecule has 0 radical (unpaired) electrons. The van der Waals surface area contributed by atoms with Crippen LogP contribution in [0.15, 0.2) is 12.1 Å². The van der Waals surface area contributed by atoms with Crippen molar-refractivity contribution < 1.29 is 22.8 Å². The van der Waals surface area contributed by atoms with E-state index in [2.05, 4.69) is 16.0 Å². The van der Waals surface area contributed by atoms with Gasteiger partial charge in [-0.15, -0.1) is 12.4 Å². The summed E-state index contributed by atoms with van der Waals surface area (Å²) in [6, 6.07) is 2.61. The lowest BCUT2D eigenvalue weighted by molar-refractivity contribution is -0.125. The number of anilines is 1. The number of halogens is 4. The van der Waals surface area contributed by atoms with Crippen LogP contribution in [-0.4, -0.2) is 30.4 Å². The van der Waals surface area contributed by atoms with E-state index in [-0.39, 0.29) is 24.9 Å². The van der Waals surface area contributed by atoms with Gasteiger partial charge in [-0.2, -0.15) is 0 Å². The van der Waals surface area contributed by atoms with Crippen LogP contribution >= 0.6 is 12.4 Å². The zero-order valence-corrected chi connectivity index (χ0v) is 14.8. The number of amides is 2. The Hall–Kier alpha value is -1.80. The molecule has 0 aromatic heterocycles. The first-order valence-electron chi connectivity index (χ1n) is 8.38. The van der Waals surface area contributed by atoms with E-state index < -0.39 is 29.0 Å². The summed E-state index contributed by atoms with van der Waals surface area (Å²) in [4.78, 5) is 23.7. The number of carbonyl (C=O) groups excluding carboxylic acids is 2. The number of nitrogens with one attached hydrogen (secondary N) is 3. The SMILES string of the molecule is Cl.O=C(CC1CC2CCC(C1)N2)NCC(=O)Nc1ccc(F)c(F)c1F. The van der Waals surface area contributed by atoms with Gasteiger partial charge in [0.2, 0.25) is 11.8 Å². The lowest BCUT2D eigenvalue weighted by Gasteiger charge is -2.28. The Morgan fingerprint density at radius 2 is 1.69 bits per heavy atom. The summed E-state index contributed by atoms with van der Waals surface area (Å²) in [6.45, 7) is -0.352. The molecular weight excluding hydrogens is 371 g/mol. The standard InChI is InChI=1S/C17H20F3N3O2.ClH/c18-12-3-4-13(17(20)16(12)19)23-15(25)8-21-14(24)7-9-5-10-1-2-11(6-9)22-10;/h3-4,9-11,22H,1-2,5-8H2,(H,21,24)(H,23,25);1H. The van der Waals surface area contributed by atoms with Crippen molar-refractivity contribution in [3.8, 4) is 0 Å². The van der Waals surface area contributed by atoms with Gasteiger partial charge < -0.3 is 16.0 Å². The molecule has 1 aromatic rings. The molecule has 2 saturated heterocycles. The van der Waals surface area contributed by atoms with Gasteiger partial charge >= 0.3 is 0 Å². The first-order chi connectivity index (χ1) is 11.9. The molecule has 0 saturated carbocycles. The van der Waals surface area contributed by atoms with Crippen molar-refractivity contribution in [1.82, 2.24) is 10.6 Å². The van der Waals surface area contributed by atoms with Crippen LogP contribution in [-0.2, 0) is 9.59 Å². The summed E-state index contributed by atoms with van der Waals surface area (Å²) in [5.74, 6) is -5.10. The zero-order valence-electron chi connectivity index (χ0n) is 14.0. The average Bonchev–Trinajstić information content (AvgIpc) is 2.92. The minimum absolute atomic E-state index is 0. The highest BCUT2D eigenvalue weighted by Crippen LogP contribution is 2.32. The van der Waals surface area contributed by atoms with E-state index in [0.29, 0.717) is 24.4 Å². The summed E-state index contributed by atoms with van der Waals surface area (Å²) in [5, 5.41) is 8.10. The summed E-state index contributed by atoms with van der Waals surface area (Å²) in [6.07, 6.45) is 4.55. The molecule has 2 unspecified atom stereocenters. The largest absolute Gasteiger partial charge is 0.347 e. The maximum atomic E-state index is 13.5. The van der Waals surface area contributed by atoms with Gasteiger partial charge in [-0.25, -0.2) is 13.2 Å². The molecule has 0 aliphatic carbocycles. The number of fused-ring (bicyclic) bond motifs is 2. The van der Waals surface area contributed by atoms with Crippen molar-refractivity contribution in [3.05, 3.63) is 29.6 Å². The van der Waals surface area contributed by atoms with Crippen molar-refractivity contribution in [2.75, 3.05) is 11.9 Å². The van der Waals surface area contributed by atoms with Crippen molar-refractivity contribution in [3.63, 3.8) is 0 Å². The minimum atomic E-state index is -1.65. The van der Waals surface area contributed by atoms with Crippen molar-refractivity contribution >= 4 is 29.9 Å². The quantitative estimate of drug-likeness (QED) is 0.675. The average molecular weight is 392 g/mol. The highest BCUT2D eigenvalue weighted by Gasteiger charge is 2.34. The molecule has 9 heteroatoms. The van der Waals surface area contributed by atoms with E-state index in [1.807, 2.05) is 0 Å². The molecule has 2 aliphatic rings. The van der Waals surface area contributed by atoms with E-state index in [9.17, 15) is 22.8 Å². The van der Waals surface area contributed by atoms with Gasteiger partial charge in [0.05, 0.1) is 12.2 Å². The molecule has 2 aliphatic heterocycles. The van der Waals surface area contributed by atoms with Gasteiger partial charge in [0.15, 0.2) is 17.5 Å². The van der Waals surface area contributed by atoms with Crippen LogP contribution in [0.4, 0.5) is 18.9 Å². The van der Waals surface area contributed by atoms with Crippen molar-refractivity contribution in [2.45, 2.75) is 44.2 Å². The zero-order chi connectivity index (χ0) is 18.0. The highest BCUT2D eigenvalue weighted by molar-refractivity contribution is 5.94. The lowest BCUT2D eigenvalue weighted by atomic mass is 9.89. The Morgan fingerprint density at radius 3 is 2.35 bits per heavy atom. The maximum Gasteiger partial charge on any atom is 0.243 e. The minimum Gasteiger partial charge on any atom is -0.347 e. The highest BCUT2D eigenvalue weighted by atomic mass is 35.5. The van der Waals surface area contributed by atoms with E-state index in [4.69, 9.17) is 0 Å². The molecule has 2 heterocycles. The molecule has 2 amide bonds. The first kappa shape index (κ1) is 20.5. The van der Waals surface area contributed by atoms with Crippen LogP contribution < -0.4 is 16.0 Å². The van der Waals surface area contributed by atoms with Gasteiger partial charge in [-0.05, 0) is 43.7 Å². The molecule has 3 rings (SSSR count). The predicted octanol–water partition coefficient (Wildman–Crippen LogP) is 2.50. The molecule has 0 spiro atoms. The first-order valence-corrected chi connectivity index (χ1v) is 8.38. The van der Waals surface area contributed by atoms with E-state index >= 15 is 0 Å². The van der Waals surface area contributed by atoms with Crippen molar-refractivity contribution in [1.29, 1.82) is 0 Å². The molecule has 2 bridgehead atoms. The lowest BCUT2D eigenvalue weighted by Crippen LogP contribution is -2.40. The Balaban J connectivity index is 0.00000243. The van der Waals surface area contributed by atoms with Crippen LogP contribution in [0, 0.1) is 23.4 Å². The second-order valence-corrected chi connectivity index (χ2v) is 6.73. The van der Waals surface area contributed by atoms with Gasteiger partial charge in [0.25, 0.3) is 0 Å². The maximum absolute atomic E-state index is 13.5. The Kier molecular flexibility index (Phi) is 6.88.